The van der Waals surface area contributed by atoms with E-state index in [0.29, 0.717) is 6.61 Å². The first-order valence-electron chi connectivity index (χ1n) is 6.55. The van der Waals surface area contributed by atoms with Crippen molar-refractivity contribution < 1.29 is 14.6 Å². The number of pyridine rings is 1. The SMILES string of the molecule is CN(c1ccnc2ccccc12)C1COCC1C(=O)O. The maximum absolute atomic E-state index is 11.3. The van der Waals surface area contributed by atoms with Gasteiger partial charge in [0.2, 0.25) is 0 Å². The number of carboxylic acid groups (broad SMARTS) is 1. The molecule has 1 aromatic carbocycles. The van der Waals surface area contributed by atoms with Gasteiger partial charge >= 0.3 is 5.97 Å². The number of aromatic nitrogens is 1. The molecule has 1 aliphatic rings. The van der Waals surface area contributed by atoms with Gasteiger partial charge < -0.3 is 14.7 Å². The predicted molar refractivity (Wildman–Crippen MR) is 75.9 cm³/mol. The van der Waals surface area contributed by atoms with Crippen molar-refractivity contribution in [1.82, 2.24) is 4.98 Å². The van der Waals surface area contributed by atoms with E-state index in [-0.39, 0.29) is 12.6 Å². The molecule has 20 heavy (non-hydrogen) atoms. The summed E-state index contributed by atoms with van der Waals surface area (Å²) in [4.78, 5) is 17.6. The molecule has 2 heterocycles. The zero-order valence-corrected chi connectivity index (χ0v) is 11.2. The third kappa shape index (κ3) is 2.10. The van der Waals surface area contributed by atoms with Crippen molar-refractivity contribution in [2.75, 3.05) is 25.2 Å². The largest absolute Gasteiger partial charge is 0.481 e. The summed E-state index contributed by atoms with van der Waals surface area (Å²) < 4.78 is 5.35. The van der Waals surface area contributed by atoms with Crippen LogP contribution in [0.3, 0.4) is 0 Å². The summed E-state index contributed by atoms with van der Waals surface area (Å²) in [7, 11) is 1.91. The van der Waals surface area contributed by atoms with Crippen LogP contribution in [-0.2, 0) is 9.53 Å². The molecule has 3 rings (SSSR count). The van der Waals surface area contributed by atoms with Gasteiger partial charge in [-0.15, -0.1) is 0 Å². The van der Waals surface area contributed by atoms with Gasteiger partial charge in [-0.25, -0.2) is 0 Å². The van der Waals surface area contributed by atoms with Crippen LogP contribution in [0.2, 0.25) is 0 Å². The Morgan fingerprint density at radius 1 is 1.35 bits per heavy atom. The standard InChI is InChI=1S/C15H16N2O3/c1-17(14-9-20-8-11(14)15(18)19)13-6-7-16-12-5-3-2-4-10(12)13/h2-7,11,14H,8-9H2,1H3,(H,18,19). The second-order valence-corrected chi connectivity index (χ2v) is 5.01. The number of fused-ring (bicyclic) bond motifs is 1. The minimum atomic E-state index is -0.808. The van der Waals surface area contributed by atoms with Crippen molar-refractivity contribution in [1.29, 1.82) is 0 Å². The number of anilines is 1. The van der Waals surface area contributed by atoms with E-state index < -0.39 is 11.9 Å². The van der Waals surface area contributed by atoms with Crippen LogP contribution in [0.25, 0.3) is 10.9 Å². The fraction of sp³-hybridized carbons (Fsp3) is 0.333. The molecule has 1 aliphatic heterocycles. The Morgan fingerprint density at radius 2 is 2.15 bits per heavy atom. The van der Waals surface area contributed by atoms with Gasteiger partial charge in [0.1, 0.15) is 5.92 Å². The maximum atomic E-state index is 11.3. The molecule has 0 saturated carbocycles. The molecular formula is C15H16N2O3. The van der Waals surface area contributed by atoms with Crippen LogP contribution in [0, 0.1) is 5.92 Å². The first kappa shape index (κ1) is 12.9. The van der Waals surface area contributed by atoms with E-state index in [1.165, 1.54) is 0 Å². The molecule has 1 N–H and O–H groups in total. The summed E-state index contributed by atoms with van der Waals surface area (Å²) in [5.41, 5.74) is 1.89. The Hall–Kier alpha value is -2.14. The molecule has 5 heteroatoms. The number of ether oxygens (including phenoxy) is 1. The first-order chi connectivity index (χ1) is 9.68. The van der Waals surface area contributed by atoms with Crippen LogP contribution < -0.4 is 4.90 Å². The minimum Gasteiger partial charge on any atom is -0.481 e. The number of carboxylic acids is 1. The van der Waals surface area contributed by atoms with Gasteiger partial charge in [-0.05, 0) is 12.1 Å². The van der Waals surface area contributed by atoms with Gasteiger partial charge in [-0.3, -0.25) is 9.78 Å². The molecular weight excluding hydrogens is 256 g/mol. The molecule has 0 bridgehead atoms. The highest BCUT2D eigenvalue weighted by Gasteiger charge is 2.37. The average Bonchev–Trinajstić information content (AvgIpc) is 2.95. The highest BCUT2D eigenvalue weighted by molar-refractivity contribution is 5.91. The first-order valence-corrected chi connectivity index (χ1v) is 6.55. The summed E-state index contributed by atoms with van der Waals surface area (Å²) in [6, 6.07) is 9.61. The molecule has 1 fully saturated rings. The summed E-state index contributed by atoms with van der Waals surface area (Å²) in [5, 5.41) is 10.3. The van der Waals surface area contributed by atoms with Crippen LogP contribution in [0.15, 0.2) is 36.5 Å². The van der Waals surface area contributed by atoms with E-state index in [0.717, 1.165) is 16.6 Å². The Bertz CT molecular complexity index is 639. The number of benzene rings is 1. The molecule has 0 amide bonds. The highest BCUT2D eigenvalue weighted by atomic mass is 16.5. The molecule has 2 atom stereocenters. The van der Waals surface area contributed by atoms with E-state index in [2.05, 4.69) is 4.98 Å². The Labute approximate surface area is 116 Å². The molecule has 5 nitrogen and oxygen atoms in total. The number of hydrogen-bond acceptors (Lipinski definition) is 4. The Kier molecular flexibility index (Phi) is 3.28. The van der Waals surface area contributed by atoms with Crippen LogP contribution in [0.4, 0.5) is 5.69 Å². The Morgan fingerprint density at radius 3 is 2.95 bits per heavy atom. The van der Waals surface area contributed by atoms with E-state index in [4.69, 9.17) is 4.74 Å². The number of likely N-dealkylation sites (N-methyl/N-ethyl adjacent to an activating group) is 1. The van der Waals surface area contributed by atoms with Crippen molar-refractivity contribution in [2.24, 2.45) is 5.92 Å². The molecule has 2 aromatic rings. The second kappa shape index (κ2) is 5.09. The lowest BCUT2D eigenvalue weighted by molar-refractivity contribution is -0.141. The van der Waals surface area contributed by atoms with Crippen molar-refractivity contribution in [3.05, 3.63) is 36.5 Å². The highest BCUT2D eigenvalue weighted by Crippen LogP contribution is 2.29. The second-order valence-electron chi connectivity index (χ2n) is 5.01. The minimum absolute atomic E-state index is 0.154. The average molecular weight is 272 g/mol. The van der Waals surface area contributed by atoms with Crippen LogP contribution in [0.1, 0.15) is 0 Å². The normalized spacial score (nSPS) is 22.1. The van der Waals surface area contributed by atoms with Gasteiger partial charge in [-0.1, -0.05) is 18.2 Å². The molecule has 0 aliphatic carbocycles. The number of rotatable bonds is 3. The molecule has 0 radical (unpaired) electrons. The third-order valence-electron chi connectivity index (χ3n) is 3.87. The van der Waals surface area contributed by atoms with Crippen LogP contribution in [-0.4, -0.2) is 42.4 Å². The van der Waals surface area contributed by atoms with Crippen LogP contribution in [0.5, 0.6) is 0 Å². The fourth-order valence-corrected chi connectivity index (χ4v) is 2.73. The van der Waals surface area contributed by atoms with Gasteiger partial charge in [0.15, 0.2) is 0 Å². The van der Waals surface area contributed by atoms with E-state index >= 15 is 0 Å². The lowest BCUT2D eigenvalue weighted by atomic mass is 10.0. The zero-order valence-electron chi connectivity index (χ0n) is 11.2. The van der Waals surface area contributed by atoms with E-state index in [9.17, 15) is 9.90 Å². The topological polar surface area (TPSA) is 62.7 Å². The summed E-state index contributed by atoms with van der Waals surface area (Å²) in [5.74, 6) is -1.30. The maximum Gasteiger partial charge on any atom is 0.311 e. The van der Waals surface area contributed by atoms with Crippen molar-refractivity contribution in [3.8, 4) is 0 Å². The number of para-hydroxylation sites is 1. The monoisotopic (exact) mass is 272 g/mol. The predicted octanol–water partition coefficient (Wildman–Crippen LogP) is 1.77. The quantitative estimate of drug-likeness (QED) is 0.922. The lowest BCUT2D eigenvalue weighted by Gasteiger charge is -2.29. The molecule has 104 valence electrons. The van der Waals surface area contributed by atoms with Crippen molar-refractivity contribution in [2.45, 2.75) is 6.04 Å². The van der Waals surface area contributed by atoms with E-state index in [1.54, 1.807) is 6.20 Å². The molecule has 0 spiro atoms. The van der Waals surface area contributed by atoms with Crippen LogP contribution >= 0.6 is 0 Å². The fourth-order valence-electron chi connectivity index (χ4n) is 2.73. The molecule has 1 aromatic heterocycles. The van der Waals surface area contributed by atoms with Crippen molar-refractivity contribution in [3.63, 3.8) is 0 Å². The number of nitrogens with zero attached hydrogens (tertiary/aromatic N) is 2. The third-order valence-corrected chi connectivity index (χ3v) is 3.87. The van der Waals surface area contributed by atoms with E-state index in [1.807, 2.05) is 42.3 Å². The summed E-state index contributed by atoms with van der Waals surface area (Å²) in [6.07, 6.45) is 1.75. The van der Waals surface area contributed by atoms with Gasteiger partial charge in [-0.2, -0.15) is 0 Å². The molecule has 2 unspecified atom stereocenters. The van der Waals surface area contributed by atoms with Gasteiger partial charge in [0.25, 0.3) is 0 Å². The van der Waals surface area contributed by atoms with Crippen molar-refractivity contribution >= 4 is 22.6 Å². The number of carbonyl (C=O) groups is 1. The summed E-state index contributed by atoms with van der Waals surface area (Å²) >= 11 is 0. The Balaban J connectivity index is 2.00. The lowest BCUT2D eigenvalue weighted by Crippen LogP contribution is -2.41. The zero-order chi connectivity index (χ0) is 14.1. The van der Waals surface area contributed by atoms with Gasteiger partial charge in [0.05, 0.1) is 24.8 Å². The van der Waals surface area contributed by atoms with Gasteiger partial charge in [0, 0.05) is 24.3 Å². The smallest absolute Gasteiger partial charge is 0.311 e. The molecule has 1 saturated heterocycles. The number of hydrogen-bond donors (Lipinski definition) is 1. The number of aliphatic carboxylic acids is 1. The summed E-state index contributed by atoms with van der Waals surface area (Å²) in [6.45, 7) is 0.706.